The molecule has 4 nitrogen and oxygen atoms in total. The fraction of sp³-hybridized carbons (Fsp3) is 0.316. The minimum atomic E-state index is -0.340. The molecular formula is C19H24N2O2. The Bertz CT molecular complexity index is 633. The molecule has 1 amide bonds. The smallest absolute Gasteiger partial charge is 0.246 e. The van der Waals surface area contributed by atoms with Crippen LogP contribution in [0.1, 0.15) is 32.3 Å². The van der Waals surface area contributed by atoms with Crippen LogP contribution in [0.5, 0.6) is 5.75 Å². The Morgan fingerprint density at radius 3 is 2.00 bits per heavy atom. The minimum Gasteiger partial charge on any atom is -0.497 e. The number of anilines is 2. The van der Waals surface area contributed by atoms with Crippen molar-refractivity contribution in [1.82, 2.24) is 0 Å². The van der Waals surface area contributed by atoms with E-state index in [1.165, 1.54) is 5.56 Å². The van der Waals surface area contributed by atoms with Crippen LogP contribution < -0.4 is 15.4 Å². The largest absolute Gasteiger partial charge is 0.497 e. The van der Waals surface area contributed by atoms with Gasteiger partial charge in [-0.2, -0.15) is 0 Å². The van der Waals surface area contributed by atoms with Crippen LogP contribution in [0.25, 0.3) is 0 Å². The van der Waals surface area contributed by atoms with Crippen molar-refractivity contribution >= 4 is 17.3 Å². The molecule has 0 radical (unpaired) electrons. The normalized spacial score (nSPS) is 11.9. The Labute approximate surface area is 137 Å². The molecule has 2 aromatic rings. The summed E-state index contributed by atoms with van der Waals surface area (Å²) in [7, 11) is 1.63. The number of hydrogen-bond donors (Lipinski definition) is 2. The van der Waals surface area contributed by atoms with Crippen LogP contribution in [0.15, 0.2) is 48.5 Å². The molecule has 0 aliphatic rings. The van der Waals surface area contributed by atoms with Gasteiger partial charge < -0.3 is 15.4 Å². The zero-order chi connectivity index (χ0) is 16.8. The summed E-state index contributed by atoms with van der Waals surface area (Å²) in [6.07, 6.45) is 0. The highest BCUT2D eigenvalue weighted by Crippen LogP contribution is 2.18. The van der Waals surface area contributed by atoms with Crippen LogP contribution in [0.3, 0.4) is 0 Å². The molecule has 0 spiro atoms. The average molecular weight is 312 g/mol. The van der Waals surface area contributed by atoms with E-state index in [9.17, 15) is 4.79 Å². The van der Waals surface area contributed by atoms with Crippen LogP contribution in [-0.4, -0.2) is 19.1 Å². The van der Waals surface area contributed by atoms with Crippen molar-refractivity contribution in [3.05, 3.63) is 54.1 Å². The number of rotatable bonds is 6. The van der Waals surface area contributed by atoms with Crippen LogP contribution in [0.2, 0.25) is 0 Å². The molecule has 0 aromatic heterocycles. The molecule has 2 rings (SSSR count). The van der Waals surface area contributed by atoms with Gasteiger partial charge in [-0.3, -0.25) is 4.79 Å². The van der Waals surface area contributed by atoms with Gasteiger partial charge in [-0.1, -0.05) is 26.0 Å². The number of methoxy groups -OCH3 is 1. The first kappa shape index (κ1) is 16.9. The first-order chi connectivity index (χ1) is 11.0. The lowest BCUT2D eigenvalue weighted by atomic mass is 10.0. The van der Waals surface area contributed by atoms with Gasteiger partial charge in [-0.15, -0.1) is 0 Å². The average Bonchev–Trinajstić information content (AvgIpc) is 2.56. The van der Waals surface area contributed by atoms with Gasteiger partial charge in [0.2, 0.25) is 5.91 Å². The van der Waals surface area contributed by atoms with E-state index in [4.69, 9.17) is 4.74 Å². The van der Waals surface area contributed by atoms with E-state index in [0.29, 0.717) is 5.92 Å². The van der Waals surface area contributed by atoms with Crippen LogP contribution in [0.4, 0.5) is 11.4 Å². The van der Waals surface area contributed by atoms with Crippen molar-refractivity contribution in [3.63, 3.8) is 0 Å². The zero-order valence-corrected chi connectivity index (χ0v) is 14.1. The molecule has 0 saturated heterocycles. The molecule has 0 unspecified atom stereocenters. The zero-order valence-electron chi connectivity index (χ0n) is 14.1. The van der Waals surface area contributed by atoms with Gasteiger partial charge in [0.15, 0.2) is 0 Å². The van der Waals surface area contributed by atoms with E-state index in [1.54, 1.807) is 7.11 Å². The SMILES string of the molecule is COc1ccc(N[C@@H](C)C(=O)Nc2ccc(C(C)C)cc2)cc1. The Kier molecular flexibility index (Phi) is 5.63. The van der Waals surface area contributed by atoms with E-state index < -0.39 is 0 Å². The van der Waals surface area contributed by atoms with Crippen molar-refractivity contribution < 1.29 is 9.53 Å². The molecule has 0 aliphatic carbocycles. The number of carbonyl (C=O) groups excluding carboxylic acids is 1. The standard InChI is InChI=1S/C19H24N2O2/c1-13(2)15-5-7-17(8-6-15)21-19(22)14(3)20-16-9-11-18(23-4)12-10-16/h5-14,20H,1-4H3,(H,21,22)/t14-/m0/s1. The highest BCUT2D eigenvalue weighted by atomic mass is 16.5. The molecule has 0 aliphatic heterocycles. The first-order valence-electron chi connectivity index (χ1n) is 7.81. The second-order valence-corrected chi connectivity index (χ2v) is 5.86. The van der Waals surface area contributed by atoms with Gasteiger partial charge in [-0.25, -0.2) is 0 Å². The number of ether oxygens (including phenoxy) is 1. The Morgan fingerprint density at radius 1 is 0.913 bits per heavy atom. The number of carbonyl (C=O) groups is 1. The second-order valence-electron chi connectivity index (χ2n) is 5.86. The van der Waals surface area contributed by atoms with E-state index in [1.807, 2.05) is 55.5 Å². The molecule has 2 N–H and O–H groups in total. The fourth-order valence-electron chi connectivity index (χ4n) is 2.20. The Morgan fingerprint density at radius 2 is 1.48 bits per heavy atom. The highest BCUT2D eigenvalue weighted by Gasteiger charge is 2.13. The number of hydrogen-bond acceptors (Lipinski definition) is 3. The molecule has 0 heterocycles. The van der Waals surface area contributed by atoms with Gasteiger partial charge in [-0.05, 0) is 54.8 Å². The van der Waals surface area contributed by atoms with Gasteiger partial charge in [0.05, 0.1) is 7.11 Å². The summed E-state index contributed by atoms with van der Waals surface area (Å²) >= 11 is 0. The summed E-state index contributed by atoms with van der Waals surface area (Å²) in [5.41, 5.74) is 2.94. The molecule has 0 saturated carbocycles. The van der Waals surface area contributed by atoms with Crippen LogP contribution in [0, 0.1) is 0 Å². The molecule has 1 atom stereocenters. The van der Waals surface area contributed by atoms with Gasteiger partial charge in [0, 0.05) is 11.4 Å². The maximum absolute atomic E-state index is 12.3. The molecule has 23 heavy (non-hydrogen) atoms. The van der Waals surface area contributed by atoms with Crippen LogP contribution >= 0.6 is 0 Å². The van der Waals surface area contributed by atoms with E-state index in [2.05, 4.69) is 24.5 Å². The summed E-state index contributed by atoms with van der Waals surface area (Å²) < 4.78 is 5.12. The van der Waals surface area contributed by atoms with Crippen molar-refractivity contribution in [1.29, 1.82) is 0 Å². The lowest BCUT2D eigenvalue weighted by Crippen LogP contribution is -2.31. The molecule has 0 fully saturated rings. The maximum Gasteiger partial charge on any atom is 0.246 e. The third-order valence-corrected chi connectivity index (χ3v) is 3.71. The third-order valence-electron chi connectivity index (χ3n) is 3.71. The van der Waals surface area contributed by atoms with E-state index >= 15 is 0 Å². The predicted molar refractivity (Wildman–Crippen MR) is 95.2 cm³/mol. The number of nitrogens with one attached hydrogen (secondary N) is 2. The van der Waals surface area contributed by atoms with Crippen molar-refractivity contribution in [2.75, 3.05) is 17.7 Å². The van der Waals surface area contributed by atoms with E-state index in [0.717, 1.165) is 17.1 Å². The van der Waals surface area contributed by atoms with E-state index in [-0.39, 0.29) is 11.9 Å². The monoisotopic (exact) mass is 312 g/mol. The van der Waals surface area contributed by atoms with Crippen molar-refractivity contribution in [2.24, 2.45) is 0 Å². The summed E-state index contributed by atoms with van der Waals surface area (Å²) in [6, 6.07) is 15.1. The van der Waals surface area contributed by atoms with Gasteiger partial charge >= 0.3 is 0 Å². The summed E-state index contributed by atoms with van der Waals surface area (Å²) in [5, 5.41) is 6.10. The summed E-state index contributed by atoms with van der Waals surface area (Å²) in [5.74, 6) is 1.20. The lowest BCUT2D eigenvalue weighted by molar-refractivity contribution is -0.116. The Hall–Kier alpha value is -2.49. The predicted octanol–water partition coefficient (Wildman–Crippen LogP) is 4.26. The second kappa shape index (κ2) is 7.68. The molecule has 4 heteroatoms. The molecule has 2 aromatic carbocycles. The summed E-state index contributed by atoms with van der Waals surface area (Å²) in [4.78, 5) is 12.3. The first-order valence-corrected chi connectivity index (χ1v) is 7.81. The summed E-state index contributed by atoms with van der Waals surface area (Å²) in [6.45, 7) is 6.13. The number of benzene rings is 2. The van der Waals surface area contributed by atoms with Crippen molar-refractivity contribution in [3.8, 4) is 5.75 Å². The molecule has 0 bridgehead atoms. The third kappa shape index (κ3) is 4.74. The van der Waals surface area contributed by atoms with Gasteiger partial charge in [0.1, 0.15) is 11.8 Å². The van der Waals surface area contributed by atoms with Gasteiger partial charge in [0.25, 0.3) is 0 Å². The lowest BCUT2D eigenvalue weighted by Gasteiger charge is -2.16. The van der Waals surface area contributed by atoms with Crippen molar-refractivity contribution in [2.45, 2.75) is 32.7 Å². The maximum atomic E-state index is 12.3. The Balaban J connectivity index is 1.93. The fourth-order valence-corrected chi connectivity index (χ4v) is 2.20. The quantitative estimate of drug-likeness (QED) is 0.838. The minimum absolute atomic E-state index is 0.0712. The molecule has 122 valence electrons. The highest BCUT2D eigenvalue weighted by molar-refractivity contribution is 5.96. The number of amides is 1. The topological polar surface area (TPSA) is 50.4 Å². The molecular weight excluding hydrogens is 288 g/mol. The van der Waals surface area contributed by atoms with Crippen LogP contribution in [-0.2, 0) is 4.79 Å².